The molecule has 0 saturated carbocycles. The van der Waals surface area contributed by atoms with Gasteiger partial charge in [-0.1, -0.05) is 29.8 Å². The van der Waals surface area contributed by atoms with Crippen LogP contribution in [0.25, 0.3) is 0 Å². The zero-order chi connectivity index (χ0) is 34.7. The minimum atomic E-state index is -2.19. The summed E-state index contributed by atoms with van der Waals surface area (Å²) in [4.78, 5) is 0. The van der Waals surface area contributed by atoms with E-state index in [4.69, 9.17) is 43.5 Å². The van der Waals surface area contributed by atoms with Gasteiger partial charge in [-0.05, 0) is 127 Å². The first-order valence-corrected chi connectivity index (χ1v) is 30.5. The predicted molar refractivity (Wildman–Crippen MR) is 199 cm³/mol. The van der Waals surface area contributed by atoms with Crippen LogP contribution in [0.5, 0.6) is 5.75 Å². The summed E-state index contributed by atoms with van der Waals surface area (Å²) in [5.74, 6) is -0.448. The Kier molecular flexibility index (Phi) is 13.2. The molecule has 0 unspecified atom stereocenters. The second kappa shape index (κ2) is 15.4. The van der Waals surface area contributed by atoms with Gasteiger partial charge in [0.2, 0.25) is 5.79 Å². The van der Waals surface area contributed by atoms with E-state index in [2.05, 4.69) is 96.8 Å². The van der Waals surface area contributed by atoms with E-state index in [0.29, 0.717) is 24.7 Å². The van der Waals surface area contributed by atoms with Crippen LogP contribution in [0.15, 0.2) is 42.5 Å². The zero-order valence-electron chi connectivity index (χ0n) is 30.7. The van der Waals surface area contributed by atoms with Gasteiger partial charge < -0.3 is 31.9 Å². The highest BCUT2D eigenvalue weighted by molar-refractivity contribution is 6.71. The molecule has 1 heterocycles. The molecule has 5 atom stereocenters. The summed E-state index contributed by atoms with van der Waals surface area (Å²) >= 11 is 6.86. The molecule has 2 aromatic carbocycles. The van der Waals surface area contributed by atoms with Gasteiger partial charge in [0.15, 0.2) is 33.3 Å². The number of benzene rings is 2. The van der Waals surface area contributed by atoms with E-state index < -0.39 is 63.5 Å². The molecule has 1 aliphatic rings. The van der Waals surface area contributed by atoms with Gasteiger partial charge >= 0.3 is 0 Å². The highest BCUT2D eigenvalue weighted by Gasteiger charge is 2.60. The van der Waals surface area contributed by atoms with Crippen LogP contribution < -0.4 is 4.74 Å². The van der Waals surface area contributed by atoms with Crippen molar-refractivity contribution in [1.82, 2.24) is 0 Å². The second-order valence-electron chi connectivity index (χ2n) is 16.1. The minimum Gasteiger partial charge on any atom is -0.494 e. The maximum atomic E-state index is 7.20. The van der Waals surface area contributed by atoms with Crippen molar-refractivity contribution in [2.45, 2.75) is 122 Å². The molecule has 0 aliphatic carbocycles. The van der Waals surface area contributed by atoms with Gasteiger partial charge in [0.1, 0.15) is 30.2 Å². The SMILES string of the molecule is CCOc1ccc(Cc2cc([C@]3(OC)O[C@H](CO[Si](C)(C)C)[C@@H](O[Si](C)(C)C)[C@H](O[Si](C)(C)C)[C@H]3O[Si](C)(C)C)ccc2Cl)cc1. The molecule has 0 radical (unpaired) electrons. The van der Waals surface area contributed by atoms with Gasteiger partial charge in [-0.3, -0.25) is 0 Å². The second-order valence-corrected chi connectivity index (χ2v) is 34.4. The highest BCUT2D eigenvalue weighted by Crippen LogP contribution is 2.46. The molecule has 260 valence electrons. The lowest BCUT2D eigenvalue weighted by atomic mass is 9.87. The van der Waals surface area contributed by atoms with Crippen LogP contribution in [-0.2, 0) is 39.4 Å². The predicted octanol–water partition coefficient (Wildman–Crippen LogP) is 9.04. The largest absolute Gasteiger partial charge is 0.494 e. The molecule has 3 rings (SSSR count). The van der Waals surface area contributed by atoms with E-state index >= 15 is 0 Å². The topological polar surface area (TPSA) is 64.6 Å². The molecular formula is C34H59ClO7Si4. The summed E-state index contributed by atoms with van der Waals surface area (Å²) in [5, 5.41) is 0.677. The molecule has 0 amide bonds. The normalized spacial score (nSPS) is 24.7. The molecule has 46 heavy (non-hydrogen) atoms. The molecular weight excluding hydrogens is 668 g/mol. The van der Waals surface area contributed by atoms with E-state index in [9.17, 15) is 0 Å². The first-order chi connectivity index (χ1) is 21.1. The molecule has 0 aromatic heterocycles. The Morgan fingerprint density at radius 1 is 0.739 bits per heavy atom. The lowest BCUT2D eigenvalue weighted by Crippen LogP contribution is -2.70. The monoisotopic (exact) mass is 726 g/mol. The van der Waals surface area contributed by atoms with E-state index in [1.54, 1.807) is 7.11 Å². The minimum absolute atomic E-state index is 0.369. The number of rotatable bonds is 15. The molecule has 1 fully saturated rings. The van der Waals surface area contributed by atoms with Gasteiger partial charge in [-0.15, -0.1) is 0 Å². The van der Waals surface area contributed by atoms with Crippen molar-refractivity contribution in [3.8, 4) is 5.75 Å². The number of ether oxygens (including phenoxy) is 3. The van der Waals surface area contributed by atoms with Crippen molar-refractivity contribution in [2.75, 3.05) is 20.3 Å². The molecule has 0 N–H and O–H groups in total. The van der Waals surface area contributed by atoms with Gasteiger partial charge in [0.25, 0.3) is 0 Å². The Labute approximate surface area is 288 Å². The number of methoxy groups -OCH3 is 1. The average Bonchev–Trinajstić information content (AvgIpc) is 2.90. The average molecular weight is 728 g/mol. The summed E-state index contributed by atoms with van der Waals surface area (Å²) < 4.78 is 47.1. The first-order valence-electron chi connectivity index (χ1n) is 16.5. The summed E-state index contributed by atoms with van der Waals surface area (Å²) in [6.07, 6.45) is -1.25. The summed E-state index contributed by atoms with van der Waals surface area (Å²) in [6, 6.07) is 14.2. The fourth-order valence-corrected chi connectivity index (χ4v) is 9.64. The van der Waals surface area contributed by atoms with E-state index in [-0.39, 0.29) is 0 Å². The molecule has 12 heteroatoms. The van der Waals surface area contributed by atoms with E-state index in [1.807, 2.05) is 31.2 Å². The zero-order valence-corrected chi connectivity index (χ0v) is 35.5. The van der Waals surface area contributed by atoms with Crippen molar-refractivity contribution in [3.63, 3.8) is 0 Å². The quantitative estimate of drug-likeness (QED) is 0.170. The van der Waals surface area contributed by atoms with Crippen LogP contribution in [0.1, 0.15) is 23.6 Å². The van der Waals surface area contributed by atoms with Crippen LogP contribution in [0.4, 0.5) is 0 Å². The van der Waals surface area contributed by atoms with E-state index in [1.165, 1.54) is 0 Å². The Bertz CT molecular complexity index is 1270. The number of hydrogen-bond donors (Lipinski definition) is 0. The number of hydrogen-bond acceptors (Lipinski definition) is 7. The van der Waals surface area contributed by atoms with Crippen molar-refractivity contribution in [3.05, 3.63) is 64.2 Å². The first kappa shape index (κ1) is 39.6. The summed E-state index contributed by atoms with van der Waals surface area (Å²) in [7, 11) is -6.60. The van der Waals surface area contributed by atoms with Crippen LogP contribution in [-0.4, -0.2) is 78.0 Å². The van der Waals surface area contributed by atoms with Crippen LogP contribution in [0.2, 0.25) is 83.6 Å². The third kappa shape index (κ3) is 11.4. The Balaban J connectivity index is 2.23. The lowest BCUT2D eigenvalue weighted by Gasteiger charge is -2.55. The highest BCUT2D eigenvalue weighted by atomic mass is 35.5. The maximum Gasteiger partial charge on any atom is 0.223 e. The van der Waals surface area contributed by atoms with E-state index in [0.717, 1.165) is 22.4 Å². The Morgan fingerprint density at radius 2 is 1.30 bits per heavy atom. The van der Waals surface area contributed by atoms with Crippen molar-refractivity contribution in [1.29, 1.82) is 0 Å². The smallest absolute Gasteiger partial charge is 0.223 e. The van der Waals surface area contributed by atoms with Crippen LogP contribution in [0.3, 0.4) is 0 Å². The molecule has 1 aliphatic heterocycles. The lowest BCUT2D eigenvalue weighted by molar-refractivity contribution is -0.357. The van der Waals surface area contributed by atoms with Crippen LogP contribution >= 0.6 is 11.6 Å². The fraction of sp³-hybridized carbons (Fsp3) is 0.647. The Morgan fingerprint density at radius 3 is 1.80 bits per heavy atom. The van der Waals surface area contributed by atoms with Crippen LogP contribution in [0, 0.1) is 0 Å². The number of halogens is 1. The van der Waals surface area contributed by atoms with Gasteiger partial charge in [0, 0.05) is 17.7 Å². The van der Waals surface area contributed by atoms with Crippen molar-refractivity contribution < 1.29 is 31.9 Å². The van der Waals surface area contributed by atoms with Gasteiger partial charge in [0.05, 0.1) is 13.2 Å². The molecule has 7 nitrogen and oxygen atoms in total. The molecule has 0 bridgehead atoms. The van der Waals surface area contributed by atoms with Crippen molar-refractivity contribution in [2.24, 2.45) is 0 Å². The standard InChI is InChI=1S/C34H59ClO7Si4/c1-15-37-28-19-16-25(17-20-28)22-26-23-27(18-21-29(26)35)34(36-2)33(42-46(12,13)14)32(41-45(9,10)11)31(40-44(6,7)8)30(39-34)24-38-43(3,4)5/h16-21,23,30-33H,15,22,24H2,1-14H3/t30-,31-,32+,33-,34+/m1/s1. The molecule has 0 spiro atoms. The summed E-state index contributed by atoms with van der Waals surface area (Å²) in [5.41, 5.74) is 2.92. The van der Waals surface area contributed by atoms with Crippen molar-refractivity contribution >= 4 is 44.9 Å². The maximum absolute atomic E-state index is 7.20. The fourth-order valence-electron chi connectivity index (χ4n) is 5.57. The Hall–Kier alpha value is -0.842. The molecule has 1 saturated heterocycles. The summed E-state index contributed by atoms with van der Waals surface area (Å²) in [6.45, 7) is 29.3. The van der Waals surface area contributed by atoms with Gasteiger partial charge in [-0.2, -0.15) is 0 Å². The van der Waals surface area contributed by atoms with Gasteiger partial charge in [-0.25, -0.2) is 0 Å². The third-order valence-electron chi connectivity index (χ3n) is 7.21. The third-order valence-corrected chi connectivity index (χ3v) is 11.5. The molecule has 2 aromatic rings.